The fraction of sp³-hybridized carbons (Fsp3) is 0.357. The predicted octanol–water partition coefficient (Wildman–Crippen LogP) is 3.52. The molecule has 0 radical (unpaired) electrons. The molecule has 1 rings (SSSR count). The molecule has 0 aliphatic carbocycles. The van der Waals surface area contributed by atoms with Gasteiger partial charge in [-0.2, -0.15) is 0 Å². The van der Waals surface area contributed by atoms with Gasteiger partial charge in [-0.25, -0.2) is 9.18 Å². The summed E-state index contributed by atoms with van der Waals surface area (Å²) < 4.78 is 18.5. The van der Waals surface area contributed by atoms with Crippen LogP contribution in [0.5, 0.6) is 0 Å². The normalized spacial score (nSPS) is 11.3. The molecule has 3 nitrogen and oxygen atoms in total. The number of benzene rings is 1. The van der Waals surface area contributed by atoms with Crippen molar-refractivity contribution in [1.29, 1.82) is 0 Å². The standard InChI is InChI=1S/C14H15BrFNO2S/c1-9(14(18)19-2)17-8-12(20)5-3-10-7-11(16)4-6-13(10)15/h4,6-7H,3,5,8H2,1-2H3. The van der Waals surface area contributed by atoms with Gasteiger partial charge >= 0.3 is 5.97 Å². The second-order valence-corrected chi connectivity index (χ2v) is 5.60. The van der Waals surface area contributed by atoms with Crippen LogP contribution >= 0.6 is 28.1 Å². The van der Waals surface area contributed by atoms with Crippen LogP contribution in [-0.2, 0) is 16.0 Å². The van der Waals surface area contributed by atoms with Gasteiger partial charge in [-0.15, -0.1) is 0 Å². The number of halogens is 2. The van der Waals surface area contributed by atoms with Gasteiger partial charge in [0.2, 0.25) is 0 Å². The zero-order valence-corrected chi connectivity index (χ0v) is 13.7. The lowest BCUT2D eigenvalue weighted by molar-refractivity contribution is -0.132. The lowest BCUT2D eigenvalue weighted by Crippen LogP contribution is -2.14. The Kier molecular flexibility index (Phi) is 6.95. The van der Waals surface area contributed by atoms with E-state index in [-0.39, 0.29) is 5.82 Å². The zero-order valence-electron chi connectivity index (χ0n) is 11.3. The second kappa shape index (κ2) is 8.21. The number of ether oxygens (including phenoxy) is 1. The van der Waals surface area contributed by atoms with Crippen molar-refractivity contribution in [2.45, 2.75) is 19.8 Å². The third-order valence-electron chi connectivity index (χ3n) is 2.65. The first kappa shape index (κ1) is 16.9. The van der Waals surface area contributed by atoms with Crippen LogP contribution in [0.15, 0.2) is 27.7 Å². The van der Waals surface area contributed by atoms with Gasteiger partial charge in [0.1, 0.15) is 11.5 Å². The summed E-state index contributed by atoms with van der Waals surface area (Å²) in [5.74, 6) is -0.727. The van der Waals surface area contributed by atoms with Gasteiger partial charge in [0.15, 0.2) is 0 Å². The summed E-state index contributed by atoms with van der Waals surface area (Å²) in [6.45, 7) is 1.88. The maximum Gasteiger partial charge on any atom is 0.351 e. The maximum atomic E-state index is 13.1. The number of hydrogen-bond acceptors (Lipinski definition) is 4. The molecular weight excluding hydrogens is 345 g/mol. The van der Waals surface area contributed by atoms with Crippen LogP contribution in [0.2, 0.25) is 0 Å². The quantitative estimate of drug-likeness (QED) is 0.443. The number of thiocarbonyl (C=S) groups is 1. The Labute approximate surface area is 131 Å². The minimum absolute atomic E-state index is 0.270. The first-order valence-electron chi connectivity index (χ1n) is 5.99. The zero-order chi connectivity index (χ0) is 15.1. The van der Waals surface area contributed by atoms with Gasteiger partial charge in [-0.1, -0.05) is 28.1 Å². The van der Waals surface area contributed by atoms with Gasteiger partial charge < -0.3 is 4.74 Å². The Morgan fingerprint density at radius 2 is 2.20 bits per heavy atom. The van der Waals surface area contributed by atoms with E-state index in [4.69, 9.17) is 12.2 Å². The van der Waals surface area contributed by atoms with Crippen LogP contribution in [0.3, 0.4) is 0 Å². The number of rotatable bonds is 6. The number of hydrogen-bond donors (Lipinski definition) is 0. The number of aryl methyl sites for hydroxylation is 1. The molecule has 0 aliphatic rings. The molecule has 0 aromatic heterocycles. The molecular formula is C14H15BrFNO2S. The molecule has 0 bridgehead atoms. The van der Waals surface area contributed by atoms with Crippen molar-refractivity contribution in [2.75, 3.05) is 13.7 Å². The van der Waals surface area contributed by atoms with Crippen LogP contribution in [0, 0.1) is 5.82 Å². The summed E-state index contributed by atoms with van der Waals surface area (Å²) in [5, 5.41) is 0. The highest BCUT2D eigenvalue weighted by molar-refractivity contribution is 9.10. The minimum atomic E-state index is -0.458. The average molecular weight is 360 g/mol. The lowest BCUT2D eigenvalue weighted by Gasteiger charge is -2.05. The van der Waals surface area contributed by atoms with E-state index in [2.05, 4.69) is 25.7 Å². The highest BCUT2D eigenvalue weighted by Crippen LogP contribution is 2.19. The molecule has 0 unspecified atom stereocenters. The van der Waals surface area contributed by atoms with Gasteiger partial charge in [-0.05, 0) is 43.5 Å². The molecule has 0 spiro atoms. The number of carbonyl (C=O) groups excluding carboxylic acids is 1. The van der Waals surface area contributed by atoms with Crippen molar-refractivity contribution in [3.05, 3.63) is 34.1 Å². The van der Waals surface area contributed by atoms with Crippen molar-refractivity contribution in [3.8, 4) is 0 Å². The fourth-order valence-electron chi connectivity index (χ4n) is 1.51. The first-order valence-corrected chi connectivity index (χ1v) is 7.19. The SMILES string of the molecule is COC(=O)C(C)=NCC(=S)CCc1cc(F)ccc1Br. The van der Waals surface area contributed by atoms with Crippen molar-refractivity contribution in [2.24, 2.45) is 4.99 Å². The van der Waals surface area contributed by atoms with Crippen LogP contribution in [0.1, 0.15) is 18.9 Å². The van der Waals surface area contributed by atoms with Crippen LogP contribution in [0.25, 0.3) is 0 Å². The van der Waals surface area contributed by atoms with Crippen LogP contribution in [0.4, 0.5) is 4.39 Å². The molecule has 0 saturated heterocycles. The summed E-state index contributed by atoms with van der Waals surface area (Å²) in [6, 6.07) is 4.55. The van der Waals surface area contributed by atoms with Crippen LogP contribution < -0.4 is 0 Å². The summed E-state index contributed by atoms with van der Waals surface area (Å²) in [5.41, 5.74) is 1.16. The van der Waals surface area contributed by atoms with Gasteiger partial charge in [0, 0.05) is 9.34 Å². The topological polar surface area (TPSA) is 38.7 Å². The van der Waals surface area contributed by atoms with E-state index >= 15 is 0 Å². The maximum absolute atomic E-state index is 13.1. The van der Waals surface area contributed by atoms with E-state index in [1.165, 1.54) is 19.2 Å². The summed E-state index contributed by atoms with van der Waals surface area (Å²) in [6.07, 6.45) is 1.24. The van der Waals surface area contributed by atoms with E-state index in [1.807, 2.05) is 0 Å². The molecule has 1 aromatic rings. The number of esters is 1. The van der Waals surface area contributed by atoms with Crippen molar-refractivity contribution >= 4 is 44.7 Å². The molecule has 0 heterocycles. The lowest BCUT2D eigenvalue weighted by atomic mass is 10.1. The molecule has 0 aliphatic heterocycles. The Morgan fingerprint density at radius 3 is 2.85 bits per heavy atom. The molecule has 6 heteroatoms. The monoisotopic (exact) mass is 359 g/mol. The molecule has 0 fully saturated rings. The summed E-state index contributed by atoms with van der Waals surface area (Å²) in [7, 11) is 1.31. The van der Waals surface area contributed by atoms with Crippen molar-refractivity contribution in [1.82, 2.24) is 0 Å². The Balaban J connectivity index is 2.52. The molecule has 1 aromatic carbocycles. The number of carbonyl (C=O) groups is 1. The molecule has 0 amide bonds. The van der Waals surface area contributed by atoms with Crippen molar-refractivity contribution in [3.63, 3.8) is 0 Å². The summed E-state index contributed by atoms with van der Waals surface area (Å²) in [4.78, 5) is 15.9. The van der Waals surface area contributed by atoms with Gasteiger partial charge in [-0.3, -0.25) is 4.99 Å². The molecule has 0 saturated carbocycles. The Morgan fingerprint density at radius 1 is 1.50 bits per heavy atom. The molecule has 20 heavy (non-hydrogen) atoms. The van der Waals surface area contributed by atoms with Gasteiger partial charge in [0.05, 0.1) is 13.7 Å². The largest absolute Gasteiger partial charge is 0.465 e. The molecule has 0 atom stereocenters. The summed E-state index contributed by atoms with van der Waals surface area (Å²) >= 11 is 8.57. The Hall–Kier alpha value is -1.14. The van der Waals surface area contributed by atoms with Gasteiger partial charge in [0.25, 0.3) is 0 Å². The predicted molar refractivity (Wildman–Crippen MR) is 85.0 cm³/mol. The highest BCUT2D eigenvalue weighted by Gasteiger charge is 2.06. The third-order valence-corrected chi connectivity index (χ3v) is 3.76. The highest BCUT2D eigenvalue weighted by atomic mass is 79.9. The van der Waals surface area contributed by atoms with Crippen LogP contribution in [-0.4, -0.2) is 30.2 Å². The number of nitrogens with zero attached hydrogens (tertiary/aromatic N) is 1. The van der Waals surface area contributed by atoms with E-state index in [1.54, 1.807) is 13.0 Å². The number of aliphatic imine (C=N–C) groups is 1. The van der Waals surface area contributed by atoms with E-state index in [0.29, 0.717) is 30.0 Å². The van der Waals surface area contributed by atoms with Crippen molar-refractivity contribution < 1.29 is 13.9 Å². The average Bonchev–Trinajstić information content (AvgIpc) is 2.44. The Bertz CT molecular complexity index is 546. The van der Waals surface area contributed by atoms with E-state index in [0.717, 1.165) is 10.0 Å². The second-order valence-electron chi connectivity index (χ2n) is 4.17. The van der Waals surface area contributed by atoms with E-state index < -0.39 is 5.97 Å². The fourth-order valence-corrected chi connectivity index (χ4v) is 2.12. The van der Waals surface area contributed by atoms with E-state index in [9.17, 15) is 9.18 Å². The number of methoxy groups -OCH3 is 1. The first-order chi connectivity index (χ1) is 9.43. The smallest absolute Gasteiger partial charge is 0.351 e. The third kappa shape index (κ3) is 5.46. The minimum Gasteiger partial charge on any atom is -0.465 e. The molecule has 0 N–H and O–H groups in total. The molecule has 108 valence electrons.